The van der Waals surface area contributed by atoms with Gasteiger partial charge in [-0.1, -0.05) is 6.92 Å². The number of nitrogens with zero attached hydrogens (tertiary/aromatic N) is 1. The predicted molar refractivity (Wildman–Crippen MR) is 52.5 cm³/mol. The second kappa shape index (κ2) is 3.56. The fourth-order valence-electron chi connectivity index (χ4n) is 2.40. The molecule has 0 radical (unpaired) electrons. The van der Waals surface area contributed by atoms with Gasteiger partial charge in [-0.15, -0.1) is 0 Å². The van der Waals surface area contributed by atoms with Crippen LogP contribution in [0.15, 0.2) is 0 Å². The smallest absolute Gasteiger partial charge is 0.0625 e. The predicted octanol–water partition coefficient (Wildman–Crippen LogP) is 0.443. The standard InChI is InChI=1S/C10H20N2O/c1-7-5-13-6-10(7)12(2)9-3-8(11)4-9/h7-10H,3-6,11H2,1-2H3. The van der Waals surface area contributed by atoms with Crippen molar-refractivity contribution in [1.29, 1.82) is 0 Å². The number of nitrogens with two attached hydrogens (primary N) is 1. The Balaban J connectivity index is 1.86. The van der Waals surface area contributed by atoms with E-state index in [1.807, 2.05) is 0 Å². The van der Waals surface area contributed by atoms with Crippen LogP contribution in [0.2, 0.25) is 0 Å². The number of hydrogen-bond donors (Lipinski definition) is 1. The van der Waals surface area contributed by atoms with E-state index in [-0.39, 0.29) is 0 Å². The Hall–Kier alpha value is -0.120. The lowest BCUT2D eigenvalue weighted by Gasteiger charge is -2.42. The summed E-state index contributed by atoms with van der Waals surface area (Å²) in [6.45, 7) is 4.10. The number of likely N-dealkylation sites (N-methyl/N-ethyl adjacent to an activating group) is 1. The zero-order valence-corrected chi connectivity index (χ0v) is 8.57. The van der Waals surface area contributed by atoms with E-state index in [0.717, 1.165) is 13.2 Å². The van der Waals surface area contributed by atoms with Crippen LogP contribution in [0.25, 0.3) is 0 Å². The maximum absolute atomic E-state index is 5.78. The Bertz CT molecular complexity index is 180. The zero-order chi connectivity index (χ0) is 9.42. The van der Waals surface area contributed by atoms with Crippen LogP contribution in [-0.2, 0) is 4.74 Å². The summed E-state index contributed by atoms with van der Waals surface area (Å²) in [4.78, 5) is 2.47. The van der Waals surface area contributed by atoms with Crippen molar-refractivity contribution in [2.45, 2.75) is 37.9 Å². The highest BCUT2D eigenvalue weighted by molar-refractivity contribution is 4.93. The van der Waals surface area contributed by atoms with Crippen LogP contribution in [0.4, 0.5) is 0 Å². The molecule has 0 aromatic heterocycles. The molecule has 0 bridgehead atoms. The van der Waals surface area contributed by atoms with Gasteiger partial charge in [0.15, 0.2) is 0 Å². The first-order valence-electron chi connectivity index (χ1n) is 5.23. The molecule has 1 saturated carbocycles. The van der Waals surface area contributed by atoms with Crippen molar-refractivity contribution >= 4 is 0 Å². The average Bonchev–Trinajstić information content (AvgIpc) is 2.44. The Morgan fingerprint density at radius 1 is 1.31 bits per heavy atom. The maximum atomic E-state index is 5.78. The molecule has 1 aliphatic heterocycles. The van der Waals surface area contributed by atoms with Crippen molar-refractivity contribution in [2.75, 3.05) is 20.3 Å². The fraction of sp³-hybridized carbons (Fsp3) is 1.00. The SMILES string of the molecule is CC1COCC1N(C)C1CC(N)C1. The lowest BCUT2D eigenvalue weighted by Crippen LogP contribution is -2.53. The third-order valence-electron chi connectivity index (χ3n) is 3.57. The first-order chi connectivity index (χ1) is 6.18. The molecule has 0 aromatic carbocycles. The molecule has 1 heterocycles. The first kappa shape index (κ1) is 9.44. The van der Waals surface area contributed by atoms with Gasteiger partial charge in [-0.25, -0.2) is 0 Å². The molecule has 76 valence electrons. The van der Waals surface area contributed by atoms with Gasteiger partial charge < -0.3 is 10.5 Å². The van der Waals surface area contributed by atoms with Gasteiger partial charge in [0, 0.05) is 18.1 Å². The molecular weight excluding hydrogens is 164 g/mol. The number of rotatable bonds is 2. The molecule has 1 saturated heterocycles. The largest absolute Gasteiger partial charge is 0.379 e. The molecular formula is C10H20N2O. The molecule has 2 fully saturated rings. The van der Waals surface area contributed by atoms with Gasteiger partial charge >= 0.3 is 0 Å². The monoisotopic (exact) mass is 184 g/mol. The topological polar surface area (TPSA) is 38.5 Å². The van der Waals surface area contributed by atoms with Crippen LogP contribution >= 0.6 is 0 Å². The van der Waals surface area contributed by atoms with Gasteiger partial charge in [0.05, 0.1) is 13.2 Å². The lowest BCUT2D eigenvalue weighted by atomic mass is 9.85. The van der Waals surface area contributed by atoms with Crippen molar-refractivity contribution in [1.82, 2.24) is 4.90 Å². The zero-order valence-electron chi connectivity index (χ0n) is 8.57. The fourth-order valence-corrected chi connectivity index (χ4v) is 2.40. The normalized spacial score (nSPS) is 45.2. The third kappa shape index (κ3) is 1.73. The maximum Gasteiger partial charge on any atom is 0.0625 e. The minimum absolute atomic E-state index is 0.449. The van der Waals surface area contributed by atoms with Gasteiger partial charge in [-0.05, 0) is 25.8 Å². The van der Waals surface area contributed by atoms with E-state index < -0.39 is 0 Å². The van der Waals surface area contributed by atoms with Crippen molar-refractivity contribution < 1.29 is 4.74 Å². The summed E-state index contributed by atoms with van der Waals surface area (Å²) in [5, 5.41) is 0. The minimum Gasteiger partial charge on any atom is -0.379 e. The van der Waals surface area contributed by atoms with Gasteiger partial charge in [0.1, 0.15) is 0 Å². The molecule has 2 rings (SSSR count). The molecule has 2 atom stereocenters. The van der Waals surface area contributed by atoms with Gasteiger partial charge in [-0.2, -0.15) is 0 Å². The van der Waals surface area contributed by atoms with Crippen molar-refractivity contribution in [3.8, 4) is 0 Å². The minimum atomic E-state index is 0.449. The molecule has 2 aliphatic rings. The molecule has 0 amide bonds. The van der Waals surface area contributed by atoms with Gasteiger partial charge in [0.25, 0.3) is 0 Å². The molecule has 3 nitrogen and oxygen atoms in total. The van der Waals surface area contributed by atoms with Gasteiger partial charge in [-0.3, -0.25) is 4.90 Å². The van der Waals surface area contributed by atoms with Gasteiger partial charge in [0.2, 0.25) is 0 Å². The number of ether oxygens (including phenoxy) is 1. The van der Waals surface area contributed by atoms with Crippen LogP contribution in [0.1, 0.15) is 19.8 Å². The van der Waals surface area contributed by atoms with E-state index >= 15 is 0 Å². The summed E-state index contributed by atoms with van der Waals surface area (Å²) in [5.74, 6) is 0.682. The molecule has 13 heavy (non-hydrogen) atoms. The summed E-state index contributed by atoms with van der Waals surface area (Å²) in [6.07, 6.45) is 2.33. The van der Waals surface area contributed by atoms with E-state index in [1.54, 1.807) is 0 Å². The van der Waals surface area contributed by atoms with E-state index in [4.69, 9.17) is 10.5 Å². The van der Waals surface area contributed by atoms with Crippen LogP contribution < -0.4 is 5.73 Å². The summed E-state index contributed by atoms with van der Waals surface area (Å²) in [6, 6.07) is 1.78. The average molecular weight is 184 g/mol. The number of hydrogen-bond acceptors (Lipinski definition) is 3. The first-order valence-corrected chi connectivity index (χ1v) is 5.23. The van der Waals surface area contributed by atoms with E-state index in [2.05, 4.69) is 18.9 Å². The Kier molecular flexibility index (Phi) is 2.58. The lowest BCUT2D eigenvalue weighted by molar-refractivity contribution is 0.0746. The summed E-state index contributed by atoms with van der Waals surface area (Å²) in [5.41, 5.74) is 5.78. The second-order valence-electron chi connectivity index (χ2n) is 4.63. The quantitative estimate of drug-likeness (QED) is 0.677. The Labute approximate surface area is 80.2 Å². The summed E-state index contributed by atoms with van der Waals surface area (Å²) >= 11 is 0. The Morgan fingerprint density at radius 3 is 2.46 bits per heavy atom. The van der Waals surface area contributed by atoms with Crippen LogP contribution in [0, 0.1) is 5.92 Å². The van der Waals surface area contributed by atoms with E-state index in [1.165, 1.54) is 12.8 Å². The Morgan fingerprint density at radius 2 is 2.00 bits per heavy atom. The van der Waals surface area contributed by atoms with Crippen LogP contribution in [0.5, 0.6) is 0 Å². The second-order valence-corrected chi connectivity index (χ2v) is 4.63. The van der Waals surface area contributed by atoms with E-state index in [0.29, 0.717) is 24.0 Å². The molecule has 2 N–H and O–H groups in total. The molecule has 0 spiro atoms. The molecule has 1 aliphatic carbocycles. The highest BCUT2D eigenvalue weighted by Crippen LogP contribution is 2.28. The third-order valence-corrected chi connectivity index (χ3v) is 3.57. The molecule has 0 aromatic rings. The van der Waals surface area contributed by atoms with Crippen LogP contribution in [-0.4, -0.2) is 43.3 Å². The highest BCUT2D eigenvalue weighted by atomic mass is 16.5. The highest BCUT2D eigenvalue weighted by Gasteiger charge is 2.36. The molecule has 2 unspecified atom stereocenters. The van der Waals surface area contributed by atoms with Crippen LogP contribution in [0.3, 0.4) is 0 Å². The van der Waals surface area contributed by atoms with Crippen molar-refractivity contribution in [3.05, 3.63) is 0 Å². The molecule has 3 heteroatoms. The van der Waals surface area contributed by atoms with E-state index in [9.17, 15) is 0 Å². The van der Waals surface area contributed by atoms with Crippen molar-refractivity contribution in [2.24, 2.45) is 11.7 Å². The van der Waals surface area contributed by atoms with Crippen molar-refractivity contribution in [3.63, 3.8) is 0 Å². The summed E-state index contributed by atoms with van der Waals surface area (Å²) in [7, 11) is 2.21. The summed E-state index contributed by atoms with van der Waals surface area (Å²) < 4.78 is 5.46.